The van der Waals surface area contributed by atoms with Gasteiger partial charge in [-0.1, -0.05) is 91.5 Å². The topological polar surface area (TPSA) is 80.7 Å². The standard InChI is InChI=1S/C30H35N7.C3H6.2C2H6/c1-7-17-31-28(34-24-10-8-9-21(2)18-24)32-20-37(6)25-15-16-26-27(19-25)36-29(35-26)33-23-13-11-22(12-14-23)30(3,4)5;1-3-2;2*1-2/h7-19H,1,20H2,2-6H3,(H,32,34)(H2,33,35,36);3H,1H2,2H3;2*1-2H3/b31-17-;;;. The number of aromatic nitrogens is 2. The van der Waals surface area contributed by atoms with E-state index >= 15 is 0 Å². The molecule has 4 rings (SSSR count). The molecule has 1 aromatic heterocycles. The second kappa shape index (κ2) is 19.5. The highest BCUT2D eigenvalue weighted by atomic mass is 15.2. The number of benzene rings is 3. The van der Waals surface area contributed by atoms with Gasteiger partial charge in [0.25, 0.3) is 0 Å². The highest BCUT2D eigenvalue weighted by Gasteiger charge is 2.13. The molecule has 0 aliphatic heterocycles. The van der Waals surface area contributed by atoms with Crippen molar-refractivity contribution in [3.63, 3.8) is 0 Å². The summed E-state index contributed by atoms with van der Waals surface area (Å²) in [5.74, 6) is 1.23. The molecule has 4 aromatic rings. The van der Waals surface area contributed by atoms with Crippen LogP contribution in [0.4, 0.5) is 23.0 Å². The number of rotatable bonds is 7. The van der Waals surface area contributed by atoms with Crippen LogP contribution in [0.1, 0.15) is 66.5 Å². The van der Waals surface area contributed by atoms with Gasteiger partial charge in [-0.3, -0.25) is 0 Å². The van der Waals surface area contributed by atoms with Gasteiger partial charge in [0.05, 0.1) is 11.0 Å². The predicted octanol–water partition coefficient (Wildman–Crippen LogP) is 10.3. The highest BCUT2D eigenvalue weighted by molar-refractivity contribution is 5.99. The Kier molecular flexibility index (Phi) is 16.6. The summed E-state index contributed by atoms with van der Waals surface area (Å²) in [4.78, 5) is 19.2. The van der Waals surface area contributed by atoms with E-state index in [0.717, 1.165) is 33.7 Å². The Hall–Kier alpha value is -4.65. The number of hydrogen-bond donors (Lipinski definition) is 3. The zero-order chi connectivity index (χ0) is 33.1. The predicted molar refractivity (Wildman–Crippen MR) is 197 cm³/mol. The van der Waals surface area contributed by atoms with E-state index in [-0.39, 0.29) is 5.41 Å². The van der Waals surface area contributed by atoms with Crippen LogP contribution in [0.3, 0.4) is 0 Å². The third kappa shape index (κ3) is 12.3. The summed E-state index contributed by atoms with van der Waals surface area (Å²) in [6.07, 6.45) is 5.01. The SMILES string of the molecule is C=C/C=N\C(=N/CN(C)c1ccc2nc(Nc3ccc(C(C)(C)C)cc3)[nH]c2c1)Nc1cccc(C)c1.C=CC.CC.CC. The number of guanidine groups is 1. The van der Waals surface area contributed by atoms with E-state index < -0.39 is 0 Å². The molecule has 3 N–H and O–H groups in total. The van der Waals surface area contributed by atoms with E-state index in [9.17, 15) is 0 Å². The molecule has 0 aliphatic rings. The van der Waals surface area contributed by atoms with Crippen molar-refractivity contribution in [3.05, 3.63) is 103 Å². The van der Waals surface area contributed by atoms with Crippen LogP contribution in [0.5, 0.6) is 0 Å². The number of H-pyrrole nitrogens is 1. The molecule has 0 unspecified atom stereocenters. The second-order valence-electron chi connectivity index (χ2n) is 10.5. The number of fused-ring (bicyclic) bond motifs is 1. The number of allylic oxidation sites excluding steroid dienone is 2. The van der Waals surface area contributed by atoms with Gasteiger partial charge >= 0.3 is 0 Å². The smallest absolute Gasteiger partial charge is 0.224 e. The van der Waals surface area contributed by atoms with Gasteiger partial charge in [0.1, 0.15) is 6.67 Å². The number of anilines is 4. The number of aliphatic imine (C=N–C) groups is 2. The molecule has 0 amide bonds. The van der Waals surface area contributed by atoms with Crippen molar-refractivity contribution in [3.8, 4) is 0 Å². The fourth-order valence-electron chi connectivity index (χ4n) is 3.83. The lowest BCUT2D eigenvalue weighted by molar-refractivity contribution is 0.590. The molecule has 1 heterocycles. The van der Waals surface area contributed by atoms with Crippen molar-refractivity contribution in [2.45, 2.75) is 67.7 Å². The second-order valence-corrected chi connectivity index (χ2v) is 10.5. The zero-order valence-electron chi connectivity index (χ0n) is 28.5. The highest BCUT2D eigenvalue weighted by Crippen LogP contribution is 2.26. The minimum Gasteiger partial charge on any atom is -0.355 e. The van der Waals surface area contributed by atoms with E-state index in [1.165, 1.54) is 5.56 Å². The maximum Gasteiger partial charge on any atom is 0.224 e. The first-order chi connectivity index (χ1) is 21.1. The molecule has 0 atom stereocenters. The molecule has 0 fully saturated rings. The van der Waals surface area contributed by atoms with Crippen LogP contribution in [-0.4, -0.2) is 35.9 Å². The number of nitrogens with one attached hydrogen (secondary N) is 3. The molecular weight excluding hydrogens is 542 g/mol. The van der Waals surface area contributed by atoms with Gasteiger partial charge in [-0.2, -0.15) is 0 Å². The lowest BCUT2D eigenvalue weighted by atomic mass is 9.87. The van der Waals surface area contributed by atoms with Crippen LogP contribution < -0.4 is 15.5 Å². The van der Waals surface area contributed by atoms with Crippen molar-refractivity contribution in [2.75, 3.05) is 29.2 Å². The van der Waals surface area contributed by atoms with Crippen molar-refractivity contribution in [1.29, 1.82) is 0 Å². The van der Waals surface area contributed by atoms with Gasteiger partial charge < -0.3 is 20.5 Å². The monoisotopic (exact) mass is 595 g/mol. The molecule has 0 bridgehead atoms. The molecule has 44 heavy (non-hydrogen) atoms. The Balaban J connectivity index is 0.00000128. The third-order valence-corrected chi connectivity index (χ3v) is 5.93. The molecule has 0 radical (unpaired) electrons. The molecule has 0 saturated heterocycles. The first-order valence-electron chi connectivity index (χ1n) is 15.3. The molecule has 0 aliphatic carbocycles. The first-order valence-corrected chi connectivity index (χ1v) is 15.3. The van der Waals surface area contributed by atoms with Gasteiger partial charge in [-0.25, -0.2) is 15.0 Å². The molecule has 0 spiro atoms. The maximum atomic E-state index is 4.69. The van der Waals surface area contributed by atoms with Crippen molar-refractivity contribution < 1.29 is 0 Å². The minimum atomic E-state index is 0.125. The van der Waals surface area contributed by atoms with Crippen molar-refractivity contribution in [2.24, 2.45) is 9.98 Å². The number of nitrogens with zero attached hydrogens (tertiary/aromatic N) is 4. The summed E-state index contributed by atoms with van der Waals surface area (Å²) in [6, 6.07) is 22.7. The normalized spacial score (nSPS) is 10.8. The summed E-state index contributed by atoms with van der Waals surface area (Å²) in [5.41, 5.74) is 7.38. The summed E-state index contributed by atoms with van der Waals surface area (Å²) < 4.78 is 0. The number of aryl methyl sites for hydroxylation is 1. The fraction of sp³-hybridized carbons (Fsp3) is 0.324. The summed E-state index contributed by atoms with van der Waals surface area (Å²) in [6.45, 7) is 26.1. The number of aromatic amines is 1. The average molecular weight is 596 g/mol. The third-order valence-electron chi connectivity index (χ3n) is 5.93. The lowest BCUT2D eigenvalue weighted by Gasteiger charge is -2.19. The van der Waals surface area contributed by atoms with Crippen LogP contribution in [0.25, 0.3) is 11.0 Å². The van der Waals surface area contributed by atoms with Crippen molar-refractivity contribution in [1.82, 2.24) is 9.97 Å². The van der Waals surface area contributed by atoms with E-state index in [4.69, 9.17) is 4.98 Å². The van der Waals surface area contributed by atoms with Crippen LogP contribution in [0, 0.1) is 6.92 Å². The molecular formula is C37H53N7. The Labute approximate surface area is 266 Å². The quantitative estimate of drug-likeness (QED) is 0.113. The van der Waals surface area contributed by atoms with Gasteiger partial charge in [0, 0.05) is 30.3 Å². The van der Waals surface area contributed by atoms with Crippen molar-refractivity contribution >= 4 is 46.2 Å². The Morgan fingerprint density at radius 1 is 0.955 bits per heavy atom. The largest absolute Gasteiger partial charge is 0.355 e. The van der Waals surface area contributed by atoms with Crippen LogP contribution in [0.15, 0.2) is 102 Å². The van der Waals surface area contributed by atoms with E-state index in [2.05, 4.69) is 114 Å². The van der Waals surface area contributed by atoms with Gasteiger partial charge in [-0.05, 0) is 72.9 Å². The van der Waals surface area contributed by atoms with E-state index in [0.29, 0.717) is 18.6 Å². The van der Waals surface area contributed by atoms with Gasteiger partial charge in [0.2, 0.25) is 11.9 Å². The molecule has 0 saturated carbocycles. The Morgan fingerprint density at radius 2 is 1.61 bits per heavy atom. The molecule has 3 aromatic carbocycles. The van der Waals surface area contributed by atoms with E-state index in [1.54, 1.807) is 18.4 Å². The number of imidazole rings is 1. The molecule has 7 nitrogen and oxygen atoms in total. The summed E-state index contributed by atoms with van der Waals surface area (Å²) in [7, 11) is 2.00. The van der Waals surface area contributed by atoms with Crippen LogP contribution >= 0.6 is 0 Å². The fourth-order valence-corrected chi connectivity index (χ4v) is 3.83. The van der Waals surface area contributed by atoms with Crippen LogP contribution in [-0.2, 0) is 5.41 Å². The lowest BCUT2D eigenvalue weighted by Crippen LogP contribution is -2.20. The zero-order valence-corrected chi connectivity index (χ0v) is 28.5. The number of hydrogen-bond acceptors (Lipinski definition) is 4. The van der Waals surface area contributed by atoms with Gasteiger partial charge in [-0.15, -0.1) is 6.58 Å². The minimum absolute atomic E-state index is 0.125. The summed E-state index contributed by atoms with van der Waals surface area (Å²) >= 11 is 0. The maximum absolute atomic E-state index is 4.69. The average Bonchev–Trinajstić information content (AvgIpc) is 3.42. The molecule has 7 heteroatoms. The Bertz CT molecular complexity index is 1470. The van der Waals surface area contributed by atoms with Gasteiger partial charge in [0.15, 0.2) is 0 Å². The van der Waals surface area contributed by atoms with E-state index in [1.807, 2.05) is 65.9 Å². The first kappa shape index (κ1) is 37.4. The van der Waals surface area contributed by atoms with Crippen LogP contribution in [0.2, 0.25) is 0 Å². The Morgan fingerprint density at radius 3 is 2.20 bits per heavy atom. The molecule has 236 valence electrons. The summed E-state index contributed by atoms with van der Waals surface area (Å²) in [5, 5.41) is 6.66.